The summed E-state index contributed by atoms with van der Waals surface area (Å²) in [5.41, 5.74) is 3.39. The lowest BCUT2D eigenvalue weighted by atomic mass is 10.1. The number of aromatic nitrogens is 2. The number of rotatable bonds is 9. The first-order chi connectivity index (χ1) is 16.0. The zero-order valence-electron chi connectivity index (χ0n) is 18.5. The molecule has 0 bridgehead atoms. The summed E-state index contributed by atoms with van der Waals surface area (Å²) in [5, 5.41) is 14.4. The number of nitrogens with zero attached hydrogens (tertiary/aromatic N) is 4. The van der Waals surface area contributed by atoms with Gasteiger partial charge in [0, 0.05) is 24.4 Å². The molecule has 34 heavy (non-hydrogen) atoms. The topological polar surface area (TPSA) is 110 Å². The quantitative estimate of drug-likeness (QED) is 0.248. The van der Waals surface area contributed by atoms with Gasteiger partial charge in [-0.05, 0) is 48.6 Å². The van der Waals surface area contributed by atoms with Gasteiger partial charge in [0.25, 0.3) is 0 Å². The summed E-state index contributed by atoms with van der Waals surface area (Å²) in [7, 11) is 3.91. The first kappa shape index (κ1) is 25.2. The molecular weight excluding hydrogens is 469 g/mol. The van der Waals surface area contributed by atoms with Crippen molar-refractivity contribution < 1.29 is 18.1 Å². The molecule has 2 aromatic carbocycles. The lowest BCUT2D eigenvalue weighted by Crippen LogP contribution is -2.12. The third-order valence-corrected chi connectivity index (χ3v) is 5.54. The van der Waals surface area contributed by atoms with E-state index in [1.807, 2.05) is 43.3 Å². The average molecular weight is 493 g/mol. The van der Waals surface area contributed by atoms with Crippen molar-refractivity contribution in [1.29, 1.82) is 0 Å². The van der Waals surface area contributed by atoms with Gasteiger partial charge in [-0.1, -0.05) is 42.5 Å². The molecule has 12 heteroatoms. The average Bonchev–Trinajstić information content (AvgIpc) is 2.72. The van der Waals surface area contributed by atoms with Crippen LogP contribution in [0.1, 0.15) is 22.4 Å². The van der Waals surface area contributed by atoms with Gasteiger partial charge in [-0.3, -0.25) is 10.1 Å². The molecular formula is C22H23F3N6O2S. The van der Waals surface area contributed by atoms with Crippen molar-refractivity contribution in [2.45, 2.75) is 29.9 Å². The van der Waals surface area contributed by atoms with Gasteiger partial charge in [0.2, 0.25) is 11.8 Å². The summed E-state index contributed by atoms with van der Waals surface area (Å²) < 4.78 is 38.5. The molecule has 0 amide bonds. The zero-order valence-corrected chi connectivity index (χ0v) is 19.3. The molecule has 0 aliphatic heterocycles. The highest BCUT2D eigenvalue weighted by Gasteiger charge is 2.30. The molecule has 0 radical (unpaired) electrons. The first-order valence-electron chi connectivity index (χ1n) is 10.1. The van der Waals surface area contributed by atoms with Gasteiger partial charge >= 0.3 is 11.2 Å². The molecule has 3 rings (SSSR count). The van der Waals surface area contributed by atoms with Crippen LogP contribution >= 0.6 is 11.8 Å². The minimum absolute atomic E-state index is 0.00543. The molecule has 180 valence electrons. The number of nitrogens with one attached hydrogen (secondary N) is 1. The van der Waals surface area contributed by atoms with E-state index in [0.29, 0.717) is 5.56 Å². The lowest BCUT2D eigenvalue weighted by Gasteiger charge is -2.13. The van der Waals surface area contributed by atoms with Crippen LogP contribution in [0.15, 0.2) is 53.4 Å². The van der Waals surface area contributed by atoms with Crippen LogP contribution < -0.4 is 11.1 Å². The molecule has 0 saturated heterocycles. The second-order valence-electron chi connectivity index (χ2n) is 7.72. The maximum atomic E-state index is 12.8. The van der Waals surface area contributed by atoms with E-state index in [4.69, 9.17) is 5.73 Å². The van der Waals surface area contributed by atoms with E-state index in [9.17, 15) is 23.3 Å². The van der Waals surface area contributed by atoms with Crippen molar-refractivity contribution >= 4 is 29.2 Å². The number of nitro groups is 1. The largest absolute Gasteiger partial charge is 0.446 e. The Morgan fingerprint density at radius 2 is 1.74 bits per heavy atom. The highest BCUT2D eigenvalue weighted by Crippen LogP contribution is 2.38. The maximum absolute atomic E-state index is 12.8. The Kier molecular flexibility index (Phi) is 7.94. The number of anilines is 2. The van der Waals surface area contributed by atoms with Crippen LogP contribution in [-0.2, 0) is 19.5 Å². The van der Waals surface area contributed by atoms with E-state index < -0.39 is 16.1 Å². The molecule has 0 aliphatic rings. The van der Waals surface area contributed by atoms with E-state index in [1.54, 1.807) is 12.1 Å². The fraction of sp³-hybridized carbons (Fsp3) is 0.273. The normalized spacial score (nSPS) is 11.6. The second kappa shape index (κ2) is 10.7. The monoisotopic (exact) mass is 492 g/mol. The van der Waals surface area contributed by atoms with Crippen molar-refractivity contribution in [3.05, 3.63) is 81.0 Å². The van der Waals surface area contributed by atoms with Crippen LogP contribution in [0, 0.1) is 10.1 Å². The Hall–Kier alpha value is -3.38. The predicted molar refractivity (Wildman–Crippen MR) is 125 cm³/mol. The summed E-state index contributed by atoms with van der Waals surface area (Å²) in [4.78, 5) is 21.2. The molecule has 1 heterocycles. The Bertz CT molecular complexity index is 1160. The van der Waals surface area contributed by atoms with E-state index in [-0.39, 0.29) is 47.1 Å². The summed E-state index contributed by atoms with van der Waals surface area (Å²) in [6, 6.07) is 13.6. The Labute approximate surface area is 198 Å². The van der Waals surface area contributed by atoms with Gasteiger partial charge in [-0.2, -0.15) is 18.2 Å². The third-order valence-electron chi connectivity index (χ3n) is 4.69. The standard InChI is InChI=1S/C22H23F3N6O2S/c1-30(2)13-15-9-7-14(8-10-15)11-17-19(31(32)33)20(26)29-21(28-17)27-12-16-5-3-4-6-18(16)34-22(23,24)25/h3-10H,11-13H2,1-2H3,(H3,26,27,28,29). The highest BCUT2D eigenvalue weighted by atomic mass is 32.2. The van der Waals surface area contributed by atoms with Gasteiger partial charge in [-0.25, -0.2) is 4.98 Å². The van der Waals surface area contributed by atoms with Gasteiger partial charge in [0.15, 0.2) is 0 Å². The van der Waals surface area contributed by atoms with Gasteiger partial charge in [-0.15, -0.1) is 0 Å². The van der Waals surface area contributed by atoms with E-state index in [1.165, 1.54) is 12.1 Å². The van der Waals surface area contributed by atoms with Crippen LogP contribution in [0.2, 0.25) is 0 Å². The number of halogens is 3. The summed E-state index contributed by atoms with van der Waals surface area (Å²) in [6.45, 7) is 0.734. The van der Waals surface area contributed by atoms with Crippen LogP contribution in [0.3, 0.4) is 0 Å². The van der Waals surface area contributed by atoms with Crippen molar-refractivity contribution in [2.75, 3.05) is 25.1 Å². The van der Waals surface area contributed by atoms with Gasteiger partial charge in [0.1, 0.15) is 5.69 Å². The van der Waals surface area contributed by atoms with Crippen molar-refractivity contribution in [2.24, 2.45) is 0 Å². The SMILES string of the molecule is CN(C)Cc1ccc(Cc2nc(NCc3ccccc3SC(F)(F)F)nc(N)c2[N+](=O)[O-])cc1. The second-order valence-corrected chi connectivity index (χ2v) is 8.83. The fourth-order valence-corrected chi connectivity index (χ4v) is 3.96. The highest BCUT2D eigenvalue weighted by molar-refractivity contribution is 8.00. The summed E-state index contributed by atoms with van der Waals surface area (Å²) in [6.07, 6.45) is 0.139. The molecule has 0 spiro atoms. The van der Waals surface area contributed by atoms with Crippen LogP contribution in [-0.4, -0.2) is 39.4 Å². The fourth-order valence-electron chi connectivity index (χ4n) is 3.29. The van der Waals surface area contributed by atoms with Gasteiger partial charge < -0.3 is 16.0 Å². The number of hydrogen-bond donors (Lipinski definition) is 2. The smallest absolute Gasteiger partial charge is 0.378 e. The molecule has 8 nitrogen and oxygen atoms in total. The molecule has 0 fully saturated rings. The van der Waals surface area contributed by atoms with Crippen molar-refractivity contribution in [3.63, 3.8) is 0 Å². The molecule has 1 aromatic heterocycles. The maximum Gasteiger partial charge on any atom is 0.446 e. The van der Waals surface area contributed by atoms with Crippen LogP contribution in [0.5, 0.6) is 0 Å². The molecule has 0 aliphatic carbocycles. The van der Waals surface area contributed by atoms with E-state index in [2.05, 4.69) is 15.3 Å². The molecule has 0 saturated carbocycles. The summed E-state index contributed by atoms with van der Waals surface area (Å²) in [5.74, 6) is -0.325. The Morgan fingerprint density at radius 1 is 1.09 bits per heavy atom. The van der Waals surface area contributed by atoms with Gasteiger partial charge in [0.05, 0.1) is 4.92 Å². The predicted octanol–water partition coefficient (Wildman–Crippen LogP) is 4.84. The number of nitrogen functional groups attached to an aromatic ring is 1. The molecule has 0 unspecified atom stereocenters. The lowest BCUT2D eigenvalue weighted by molar-refractivity contribution is -0.385. The minimum Gasteiger partial charge on any atom is -0.378 e. The number of hydrogen-bond acceptors (Lipinski definition) is 8. The molecule has 3 aromatic rings. The third kappa shape index (κ3) is 7.06. The first-order valence-corrected chi connectivity index (χ1v) is 10.9. The van der Waals surface area contributed by atoms with E-state index in [0.717, 1.165) is 17.7 Å². The number of thioether (sulfide) groups is 1. The summed E-state index contributed by atoms with van der Waals surface area (Å²) >= 11 is -0.216. The zero-order chi connectivity index (χ0) is 24.9. The van der Waals surface area contributed by atoms with E-state index >= 15 is 0 Å². The van der Waals surface area contributed by atoms with Crippen LogP contribution in [0.25, 0.3) is 0 Å². The molecule has 0 atom stereocenters. The van der Waals surface area contributed by atoms with Crippen molar-refractivity contribution in [3.8, 4) is 0 Å². The van der Waals surface area contributed by atoms with Crippen LogP contribution in [0.4, 0.5) is 30.6 Å². The number of benzene rings is 2. The Morgan fingerprint density at radius 3 is 2.35 bits per heavy atom. The van der Waals surface area contributed by atoms with Crippen molar-refractivity contribution in [1.82, 2.24) is 14.9 Å². The molecule has 3 N–H and O–H groups in total. The minimum atomic E-state index is -4.43. The number of nitrogens with two attached hydrogens (primary N) is 1. The number of alkyl halides is 3. The Balaban J connectivity index is 1.84.